The minimum atomic E-state index is -3.23. The van der Waals surface area contributed by atoms with Crippen LogP contribution in [0.25, 0.3) is 0 Å². The van der Waals surface area contributed by atoms with Gasteiger partial charge in [-0.1, -0.05) is 33.1 Å². The van der Waals surface area contributed by atoms with Gasteiger partial charge in [-0.3, -0.25) is 5.41 Å². The Balaban J connectivity index is 2.66. The molecule has 6 heteroatoms. The number of sulfonamides is 1. The van der Waals surface area contributed by atoms with Crippen LogP contribution in [0.4, 0.5) is 0 Å². The molecule has 0 unspecified atom stereocenters. The predicted octanol–water partition coefficient (Wildman–Crippen LogP) is 2.18. The molecule has 0 atom stereocenters. The minimum Gasteiger partial charge on any atom is -0.388 e. The Kier molecular flexibility index (Phi) is 6.95. The predicted molar refractivity (Wildman–Crippen MR) is 83.3 cm³/mol. The molecule has 1 rings (SSSR count). The molecule has 0 aromatic carbocycles. The van der Waals surface area contributed by atoms with Crippen molar-refractivity contribution in [3.05, 3.63) is 0 Å². The van der Waals surface area contributed by atoms with Crippen LogP contribution in [0.5, 0.6) is 0 Å². The zero-order valence-corrected chi connectivity index (χ0v) is 13.6. The topological polar surface area (TPSA) is 87.2 Å². The van der Waals surface area contributed by atoms with Crippen molar-refractivity contribution in [2.75, 3.05) is 18.8 Å². The summed E-state index contributed by atoms with van der Waals surface area (Å²) < 4.78 is 26.7. The highest BCUT2D eigenvalue weighted by atomic mass is 32.2. The summed E-state index contributed by atoms with van der Waals surface area (Å²) in [5.74, 6) is 0.896. The summed E-state index contributed by atoms with van der Waals surface area (Å²) in [5.41, 5.74) is 5.36. The SMILES string of the molecule is CC(C)CN(CCC(=N)N)S(=O)(=O)CC1CCCCC1. The van der Waals surface area contributed by atoms with E-state index < -0.39 is 10.0 Å². The van der Waals surface area contributed by atoms with Crippen LogP contribution in [0.1, 0.15) is 52.4 Å². The molecule has 0 aromatic rings. The lowest BCUT2D eigenvalue weighted by atomic mass is 9.91. The van der Waals surface area contributed by atoms with Gasteiger partial charge in [0.2, 0.25) is 10.0 Å². The molecule has 5 nitrogen and oxygen atoms in total. The smallest absolute Gasteiger partial charge is 0.214 e. The van der Waals surface area contributed by atoms with Crippen LogP contribution >= 0.6 is 0 Å². The Bertz CT molecular complexity index is 401. The lowest BCUT2D eigenvalue weighted by Gasteiger charge is -2.28. The van der Waals surface area contributed by atoms with Gasteiger partial charge in [0.15, 0.2) is 0 Å². The largest absolute Gasteiger partial charge is 0.388 e. The fourth-order valence-corrected chi connectivity index (χ4v) is 4.79. The molecule has 0 heterocycles. The molecular weight excluding hydrogens is 274 g/mol. The highest BCUT2D eigenvalue weighted by Gasteiger charge is 2.27. The lowest BCUT2D eigenvalue weighted by Crippen LogP contribution is -2.39. The second kappa shape index (κ2) is 7.98. The third-order valence-electron chi connectivity index (χ3n) is 3.76. The van der Waals surface area contributed by atoms with Gasteiger partial charge in [0.1, 0.15) is 0 Å². The average Bonchev–Trinajstić information content (AvgIpc) is 2.34. The molecular formula is C14H29N3O2S. The molecule has 0 radical (unpaired) electrons. The van der Waals surface area contributed by atoms with E-state index in [9.17, 15) is 8.42 Å². The van der Waals surface area contributed by atoms with Gasteiger partial charge < -0.3 is 5.73 Å². The summed E-state index contributed by atoms with van der Waals surface area (Å²) >= 11 is 0. The van der Waals surface area contributed by atoms with Crippen LogP contribution in [0.15, 0.2) is 0 Å². The molecule has 1 aliphatic carbocycles. The quantitative estimate of drug-likeness (QED) is 0.532. The van der Waals surface area contributed by atoms with Crippen LogP contribution in [0.3, 0.4) is 0 Å². The monoisotopic (exact) mass is 303 g/mol. The summed E-state index contributed by atoms with van der Waals surface area (Å²) in [6.45, 7) is 4.87. The third kappa shape index (κ3) is 6.22. The van der Waals surface area contributed by atoms with Gasteiger partial charge in [-0.2, -0.15) is 0 Å². The zero-order chi connectivity index (χ0) is 15.2. The van der Waals surface area contributed by atoms with E-state index in [1.807, 2.05) is 13.8 Å². The van der Waals surface area contributed by atoms with E-state index in [0.29, 0.717) is 25.4 Å². The van der Waals surface area contributed by atoms with Crippen LogP contribution in [0, 0.1) is 17.2 Å². The number of nitrogens with one attached hydrogen (secondary N) is 1. The molecule has 0 amide bonds. The summed E-state index contributed by atoms with van der Waals surface area (Å²) in [6, 6.07) is 0. The first-order valence-electron chi connectivity index (χ1n) is 7.62. The lowest BCUT2D eigenvalue weighted by molar-refractivity contribution is 0.350. The van der Waals surface area contributed by atoms with Gasteiger partial charge in [-0.05, 0) is 24.7 Å². The molecule has 118 valence electrons. The Labute approximate surface area is 123 Å². The molecule has 0 spiro atoms. The van der Waals surface area contributed by atoms with E-state index in [0.717, 1.165) is 25.7 Å². The molecule has 3 N–H and O–H groups in total. The van der Waals surface area contributed by atoms with Gasteiger partial charge >= 0.3 is 0 Å². The van der Waals surface area contributed by atoms with Crippen LogP contribution < -0.4 is 5.73 Å². The number of hydrogen-bond acceptors (Lipinski definition) is 3. The third-order valence-corrected chi connectivity index (χ3v) is 5.77. The van der Waals surface area contributed by atoms with Gasteiger partial charge in [0.05, 0.1) is 11.6 Å². The number of nitrogens with two attached hydrogens (primary N) is 1. The maximum atomic E-state index is 12.6. The van der Waals surface area contributed by atoms with Crippen molar-refractivity contribution in [1.29, 1.82) is 5.41 Å². The Morgan fingerprint density at radius 1 is 1.30 bits per heavy atom. The molecule has 0 bridgehead atoms. The fourth-order valence-electron chi connectivity index (χ4n) is 2.75. The van der Waals surface area contributed by atoms with Crippen molar-refractivity contribution in [3.8, 4) is 0 Å². The van der Waals surface area contributed by atoms with E-state index in [4.69, 9.17) is 11.1 Å². The number of amidine groups is 1. The second-order valence-corrected chi connectivity index (χ2v) is 8.32. The maximum Gasteiger partial charge on any atom is 0.214 e. The van der Waals surface area contributed by atoms with Gasteiger partial charge in [-0.15, -0.1) is 0 Å². The van der Waals surface area contributed by atoms with Crippen LogP contribution in [-0.4, -0.2) is 37.4 Å². The highest BCUT2D eigenvalue weighted by molar-refractivity contribution is 7.89. The van der Waals surface area contributed by atoms with Crippen molar-refractivity contribution in [2.24, 2.45) is 17.6 Å². The first kappa shape index (κ1) is 17.4. The first-order valence-corrected chi connectivity index (χ1v) is 9.23. The molecule has 0 aliphatic heterocycles. The van der Waals surface area contributed by atoms with E-state index in [1.54, 1.807) is 0 Å². The number of nitrogens with zero attached hydrogens (tertiary/aromatic N) is 1. The fraction of sp³-hybridized carbons (Fsp3) is 0.929. The van der Waals surface area contributed by atoms with Gasteiger partial charge in [0, 0.05) is 19.5 Å². The summed E-state index contributed by atoms with van der Waals surface area (Å²) in [7, 11) is -3.23. The van der Waals surface area contributed by atoms with Crippen molar-refractivity contribution < 1.29 is 8.42 Å². The molecule has 1 fully saturated rings. The normalized spacial score (nSPS) is 17.8. The number of rotatable bonds is 8. The van der Waals surface area contributed by atoms with Crippen LogP contribution in [0.2, 0.25) is 0 Å². The summed E-state index contributed by atoms with van der Waals surface area (Å²) in [5, 5.41) is 7.28. The van der Waals surface area contributed by atoms with Crippen molar-refractivity contribution in [2.45, 2.75) is 52.4 Å². The van der Waals surface area contributed by atoms with E-state index in [-0.39, 0.29) is 17.5 Å². The Hall–Kier alpha value is -0.620. The molecule has 1 saturated carbocycles. The summed E-state index contributed by atoms with van der Waals surface area (Å²) in [4.78, 5) is 0. The second-order valence-electron chi connectivity index (χ2n) is 6.31. The average molecular weight is 303 g/mol. The maximum absolute atomic E-state index is 12.6. The standard InChI is InChI=1S/C14H29N3O2S/c1-12(2)10-17(9-8-14(15)16)20(18,19)11-13-6-4-3-5-7-13/h12-13H,3-11H2,1-2H3,(H3,15,16). The van der Waals surface area contributed by atoms with Crippen molar-refractivity contribution >= 4 is 15.9 Å². The molecule has 1 aliphatic rings. The van der Waals surface area contributed by atoms with Crippen molar-refractivity contribution in [3.63, 3.8) is 0 Å². The van der Waals surface area contributed by atoms with Crippen LogP contribution in [-0.2, 0) is 10.0 Å². The molecule has 20 heavy (non-hydrogen) atoms. The van der Waals surface area contributed by atoms with E-state index in [1.165, 1.54) is 10.7 Å². The zero-order valence-electron chi connectivity index (χ0n) is 12.8. The van der Waals surface area contributed by atoms with Crippen molar-refractivity contribution in [1.82, 2.24) is 4.31 Å². The van der Waals surface area contributed by atoms with E-state index >= 15 is 0 Å². The van der Waals surface area contributed by atoms with Gasteiger partial charge in [0.25, 0.3) is 0 Å². The first-order chi connectivity index (χ1) is 9.31. The minimum absolute atomic E-state index is 0.0478. The highest BCUT2D eigenvalue weighted by Crippen LogP contribution is 2.26. The Morgan fingerprint density at radius 2 is 1.90 bits per heavy atom. The molecule has 0 aromatic heterocycles. The van der Waals surface area contributed by atoms with E-state index in [2.05, 4.69) is 0 Å². The number of hydrogen-bond donors (Lipinski definition) is 2. The molecule has 0 saturated heterocycles. The summed E-state index contributed by atoms with van der Waals surface area (Å²) in [6.07, 6.45) is 5.91. The Morgan fingerprint density at radius 3 is 2.40 bits per heavy atom. The van der Waals surface area contributed by atoms with Gasteiger partial charge in [-0.25, -0.2) is 12.7 Å².